The topological polar surface area (TPSA) is 83.0 Å². The van der Waals surface area contributed by atoms with E-state index in [-0.39, 0.29) is 5.56 Å². The van der Waals surface area contributed by atoms with E-state index >= 15 is 0 Å². The highest BCUT2D eigenvalue weighted by Crippen LogP contribution is 2.31. The van der Waals surface area contributed by atoms with Gasteiger partial charge in [-0.3, -0.25) is 4.79 Å². The van der Waals surface area contributed by atoms with Crippen molar-refractivity contribution in [2.75, 3.05) is 0 Å². The lowest BCUT2D eigenvalue weighted by molar-refractivity contribution is 0.0694. The number of carboxylic acids is 1. The van der Waals surface area contributed by atoms with Crippen LogP contribution in [0.3, 0.4) is 0 Å². The van der Waals surface area contributed by atoms with E-state index in [9.17, 15) is 9.59 Å². The van der Waals surface area contributed by atoms with Crippen molar-refractivity contribution in [2.24, 2.45) is 5.92 Å². The van der Waals surface area contributed by atoms with E-state index in [1.54, 1.807) is 0 Å². The Kier molecular flexibility index (Phi) is 2.07. The number of H-pyrrole nitrogens is 1. The third-order valence-electron chi connectivity index (χ3n) is 2.26. The van der Waals surface area contributed by atoms with E-state index < -0.39 is 11.5 Å². The Bertz CT molecular complexity index is 420. The van der Waals surface area contributed by atoms with Crippen LogP contribution in [0.4, 0.5) is 0 Å². The van der Waals surface area contributed by atoms with Gasteiger partial charge < -0.3 is 10.1 Å². The van der Waals surface area contributed by atoms with Gasteiger partial charge in [0.05, 0.1) is 0 Å². The molecule has 0 bridgehead atoms. The standard InChI is InChI=1S/C9H10N2O3/c12-8-6(9(13)14)4-10-7(11-8)3-5-1-2-5/h4-5H,1-3H2,(H,13,14)(H,10,11,12). The number of aromatic amines is 1. The highest BCUT2D eigenvalue weighted by Gasteiger charge is 2.22. The average Bonchev–Trinajstić information content (AvgIpc) is 2.87. The molecule has 74 valence electrons. The van der Waals surface area contributed by atoms with Gasteiger partial charge in [0, 0.05) is 12.6 Å². The lowest BCUT2D eigenvalue weighted by atomic mass is 10.2. The number of nitrogens with zero attached hydrogens (tertiary/aromatic N) is 1. The normalized spacial score (nSPS) is 15.4. The number of carboxylic acid groups (broad SMARTS) is 1. The third-order valence-corrected chi connectivity index (χ3v) is 2.26. The first-order valence-electron chi connectivity index (χ1n) is 4.48. The third kappa shape index (κ3) is 1.81. The van der Waals surface area contributed by atoms with Crippen LogP contribution in [-0.4, -0.2) is 21.0 Å². The van der Waals surface area contributed by atoms with Crippen molar-refractivity contribution < 1.29 is 9.90 Å². The summed E-state index contributed by atoms with van der Waals surface area (Å²) >= 11 is 0. The van der Waals surface area contributed by atoms with Crippen molar-refractivity contribution in [3.8, 4) is 0 Å². The fraction of sp³-hybridized carbons (Fsp3) is 0.444. The maximum atomic E-state index is 11.2. The molecule has 1 fully saturated rings. The Morgan fingerprint density at radius 2 is 2.36 bits per heavy atom. The van der Waals surface area contributed by atoms with Crippen molar-refractivity contribution in [3.63, 3.8) is 0 Å². The van der Waals surface area contributed by atoms with Crippen molar-refractivity contribution in [2.45, 2.75) is 19.3 Å². The van der Waals surface area contributed by atoms with Crippen LogP contribution in [0.25, 0.3) is 0 Å². The quantitative estimate of drug-likeness (QED) is 0.730. The number of aromatic carboxylic acids is 1. The van der Waals surface area contributed by atoms with Gasteiger partial charge in [-0.05, 0) is 18.8 Å². The summed E-state index contributed by atoms with van der Waals surface area (Å²) < 4.78 is 0. The first kappa shape index (κ1) is 8.93. The Hall–Kier alpha value is -1.65. The summed E-state index contributed by atoms with van der Waals surface area (Å²) in [6.07, 6.45) is 4.21. The van der Waals surface area contributed by atoms with Crippen LogP contribution in [0.5, 0.6) is 0 Å². The van der Waals surface area contributed by atoms with E-state index in [4.69, 9.17) is 5.11 Å². The number of hydrogen-bond acceptors (Lipinski definition) is 3. The molecule has 0 radical (unpaired) electrons. The van der Waals surface area contributed by atoms with E-state index in [0.29, 0.717) is 11.7 Å². The summed E-state index contributed by atoms with van der Waals surface area (Å²) in [5.41, 5.74) is -0.868. The van der Waals surface area contributed by atoms with Gasteiger partial charge in [0.2, 0.25) is 0 Å². The molecule has 2 rings (SSSR count). The molecule has 1 aromatic rings. The van der Waals surface area contributed by atoms with Crippen molar-refractivity contribution in [1.29, 1.82) is 0 Å². The molecule has 5 heteroatoms. The summed E-state index contributed by atoms with van der Waals surface area (Å²) in [5.74, 6) is -0.0342. The second-order valence-corrected chi connectivity index (χ2v) is 3.53. The molecule has 0 amide bonds. The second-order valence-electron chi connectivity index (χ2n) is 3.53. The molecule has 0 atom stereocenters. The summed E-state index contributed by atoms with van der Waals surface area (Å²) in [7, 11) is 0. The highest BCUT2D eigenvalue weighted by atomic mass is 16.4. The van der Waals surface area contributed by atoms with E-state index in [1.807, 2.05) is 0 Å². The summed E-state index contributed by atoms with van der Waals surface area (Å²) in [4.78, 5) is 28.1. The average molecular weight is 194 g/mol. The van der Waals surface area contributed by atoms with Crippen molar-refractivity contribution in [3.05, 3.63) is 27.9 Å². The van der Waals surface area contributed by atoms with Crippen LogP contribution in [0.1, 0.15) is 29.0 Å². The fourth-order valence-electron chi connectivity index (χ4n) is 1.28. The van der Waals surface area contributed by atoms with Gasteiger partial charge in [0.25, 0.3) is 5.56 Å². The minimum Gasteiger partial charge on any atom is -0.477 e. The Balaban J connectivity index is 2.25. The maximum Gasteiger partial charge on any atom is 0.342 e. The molecule has 1 aliphatic rings. The van der Waals surface area contributed by atoms with Crippen LogP contribution < -0.4 is 5.56 Å². The molecule has 5 nitrogen and oxygen atoms in total. The van der Waals surface area contributed by atoms with Crippen LogP contribution in [0.15, 0.2) is 11.0 Å². The SMILES string of the molecule is O=C(O)c1cnc(CC2CC2)[nH]c1=O. The molecule has 1 heterocycles. The molecule has 0 aromatic carbocycles. The fourth-order valence-corrected chi connectivity index (χ4v) is 1.28. The predicted molar refractivity (Wildman–Crippen MR) is 48.2 cm³/mol. The van der Waals surface area contributed by atoms with Gasteiger partial charge in [0.15, 0.2) is 0 Å². The van der Waals surface area contributed by atoms with E-state index in [1.165, 1.54) is 12.8 Å². The molecule has 1 aromatic heterocycles. The molecule has 2 N–H and O–H groups in total. The van der Waals surface area contributed by atoms with Crippen molar-refractivity contribution >= 4 is 5.97 Å². The molecule has 0 saturated heterocycles. The van der Waals surface area contributed by atoms with Gasteiger partial charge in [-0.15, -0.1) is 0 Å². The Morgan fingerprint density at radius 1 is 1.64 bits per heavy atom. The molecular formula is C9H10N2O3. The van der Waals surface area contributed by atoms with Gasteiger partial charge in [-0.1, -0.05) is 0 Å². The van der Waals surface area contributed by atoms with Gasteiger partial charge in [0.1, 0.15) is 11.4 Å². The Morgan fingerprint density at radius 3 is 2.86 bits per heavy atom. The predicted octanol–water partition coefficient (Wildman–Crippen LogP) is 0.421. The lowest BCUT2D eigenvalue weighted by Crippen LogP contribution is -2.20. The second kappa shape index (κ2) is 3.25. The number of hydrogen-bond donors (Lipinski definition) is 2. The first-order chi connectivity index (χ1) is 6.66. The van der Waals surface area contributed by atoms with E-state index in [2.05, 4.69) is 9.97 Å². The largest absolute Gasteiger partial charge is 0.477 e. The van der Waals surface area contributed by atoms with Gasteiger partial charge >= 0.3 is 5.97 Å². The zero-order valence-electron chi connectivity index (χ0n) is 7.49. The molecule has 0 aliphatic heterocycles. The number of aromatic nitrogens is 2. The molecule has 0 spiro atoms. The monoisotopic (exact) mass is 194 g/mol. The maximum absolute atomic E-state index is 11.2. The van der Waals surface area contributed by atoms with Gasteiger partial charge in [-0.25, -0.2) is 9.78 Å². The minimum absolute atomic E-state index is 0.301. The van der Waals surface area contributed by atoms with Crippen LogP contribution >= 0.6 is 0 Å². The molecular weight excluding hydrogens is 184 g/mol. The van der Waals surface area contributed by atoms with Crippen LogP contribution in [-0.2, 0) is 6.42 Å². The lowest BCUT2D eigenvalue weighted by Gasteiger charge is -1.98. The highest BCUT2D eigenvalue weighted by molar-refractivity contribution is 5.86. The first-order valence-corrected chi connectivity index (χ1v) is 4.48. The smallest absolute Gasteiger partial charge is 0.342 e. The molecule has 1 saturated carbocycles. The summed E-state index contributed by atoms with van der Waals surface area (Å²) in [6, 6.07) is 0. The minimum atomic E-state index is -1.24. The van der Waals surface area contributed by atoms with Crippen LogP contribution in [0, 0.1) is 5.92 Å². The van der Waals surface area contributed by atoms with E-state index in [0.717, 1.165) is 12.6 Å². The van der Waals surface area contributed by atoms with Gasteiger partial charge in [-0.2, -0.15) is 0 Å². The molecule has 0 unspecified atom stereocenters. The zero-order valence-corrected chi connectivity index (χ0v) is 7.49. The number of carbonyl (C=O) groups is 1. The van der Waals surface area contributed by atoms with Crippen LogP contribution in [0.2, 0.25) is 0 Å². The van der Waals surface area contributed by atoms with Crippen molar-refractivity contribution in [1.82, 2.24) is 9.97 Å². The Labute approximate surface area is 79.8 Å². The zero-order chi connectivity index (χ0) is 10.1. The summed E-state index contributed by atoms with van der Waals surface area (Å²) in [5, 5.41) is 8.59. The number of rotatable bonds is 3. The summed E-state index contributed by atoms with van der Waals surface area (Å²) in [6.45, 7) is 0. The number of nitrogens with one attached hydrogen (secondary N) is 1. The molecule has 1 aliphatic carbocycles. The molecule has 14 heavy (non-hydrogen) atoms.